The molecule has 0 spiro atoms. The number of aromatic nitrogens is 4. The lowest BCUT2D eigenvalue weighted by Crippen LogP contribution is -2.01. The van der Waals surface area contributed by atoms with Gasteiger partial charge in [0.1, 0.15) is 0 Å². The molecule has 68 valence electrons. The lowest BCUT2D eigenvalue weighted by molar-refractivity contribution is 0.610. The Hall–Kier alpha value is -1.58. The fraction of sp³-hybridized carbons (Fsp3) is 0.333. The van der Waals surface area contributed by atoms with E-state index in [1.807, 2.05) is 36.3 Å². The number of hydrogen-bond donors (Lipinski definition) is 1. The van der Waals surface area contributed by atoms with Crippen molar-refractivity contribution in [2.24, 2.45) is 0 Å². The molecule has 0 aromatic carbocycles. The molecule has 2 rings (SSSR count). The second-order valence-electron chi connectivity index (χ2n) is 3.08. The van der Waals surface area contributed by atoms with Crippen molar-refractivity contribution in [3.8, 4) is 0 Å². The van der Waals surface area contributed by atoms with Crippen LogP contribution < -0.4 is 0 Å². The monoisotopic (exact) mass is 176 g/mol. The van der Waals surface area contributed by atoms with Gasteiger partial charge in [-0.1, -0.05) is 0 Å². The summed E-state index contributed by atoms with van der Waals surface area (Å²) in [6.45, 7) is 2.90. The van der Waals surface area contributed by atoms with Crippen LogP contribution in [0.15, 0.2) is 24.7 Å². The number of nitrogens with zero attached hydrogens (tertiary/aromatic N) is 3. The van der Waals surface area contributed by atoms with Crippen LogP contribution in [-0.2, 0) is 13.0 Å². The highest BCUT2D eigenvalue weighted by atomic mass is 15.3. The number of aromatic amines is 1. The van der Waals surface area contributed by atoms with Crippen LogP contribution in [0.5, 0.6) is 0 Å². The quantitative estimate of drug-likeness (QED) is 0.762. The van der Waals surface area contributed by atoms with Crippen LogP contribution in [0.1, 0.15) is 11.3 Å². The molecule has 2 heterocycles. The summed E-state index contributed by atoms with van der Waals surface area (Å²) in [6, 6.07) is 2.01. The molecule has 4 heteroatoms. The largest absolute Gasteiger partial charge is 0.285 e. The van der Waals surface area contributed by atoms with E-state index in [1.165, 1.54) is 5.56 Å². The van der Waals surface area contributed by atoms with Crippen LogP contribution in [0.4, 0.5) is 0 Å². The standard InChI is InChI=1S/C9H12N4/c1-8-2-4-13(12-8)5-3-9-6-10-11-7-9/h2,4,6-7H,3,5H2,1H3,(H,10,11). The topological polar surface area (TPSA) is 46.5 Å². The lowest BCUT2D eigenvalue weighted by atomic mass is 10.2. The van der Waals surface area contributed by atoms with Gasteiger partial charge in [0.2, 0.25) is 0 Å². The Morgan fingerprint density at radius 3 is 3.08 bits per heavy atom. The van der Waals surface area contributed by atoms with Gasteiger partial charge in [0, 0.05) is 18.9 Å². The molecule has 2 aromatic rings. The van der Waals surface area contributed by atoms with E-state index in [2.05, 4.69) is 15.3 Å². The first-order valence-corrected chi connectivity index (χ1v) is 4.32. The number of hydrogen-bond acceptors (Lipinski definition) is 2. The van der Waals surface area contributed by atoms with E-state index in [1.54, 1.807) is 0 Å². The van der Waals surface area contributed by atoms with Gasteiger partial charge in [-0.15, -0.1) is 0 Å². The Labute approximate surface area is 76.6 Å². The maximum absolute atomic E-state index is 4.30. The highest BCUT2D eigenvalue weighted by Gasteiger charge is 1.96. The zero-order valence-electron chi connectivity index (χ0n) is 7.57. The first-order chi connectivity index (χ1) is 6.34. The van der Waals surface area contributed by atoms with E-state index in [-0.39, 0.29) is 0 Å². The Bertz CT molecular complexity index is 361. The van der Waals surface area contributed by atoms with Crippen molar-refractivity contribution < 1.29 is 0 Å². The molecular weight excluding hydrogens is 164 g/mol. The molecule has 0 atom stereocenters. The molecule has 1 N–H and O–H groups in total. The van der Waals surface area contributed by atoms with Crippen molar-refractivity contribution >= 4 is 0 Å². The summed E-state index contributed by atoms with van der Waals surface area (Å²) in [7, 11) is 0. The molecule has 0 aliphatic carbocycles. The molecule has 0 amide bonds. The van der Waals surface area contributed by atoms with Gasteiger partial charge >= 0.3 is 0 Å². The highest BCUT2D eigenvalue weighted by molar-refractivity contribution is 5.02. The third-order valence-corrected chi connectivity index (χ3v) is 1.96. The highest BCUT2D eigenvalue weighted by Crippen LogP contribution is 1.99. The minimum absolute atomic E-state index is 0.910. The van der Waals surface area contributed by atoms with Crippen LogP contribution >= 0.6 is 0 Å². The van der Waals surface area contributed by atoms with Gasteiger partial charge in [0.25, 0.3) is 0 Å². The third kappa shape index (κ3) is 1.96. The van der Waals surface area contributed by atoms with Crippen molar-refractivity contribution in [2.75, 3.05) is 0 Å². The normalized spacial score (nSPS) is 10.5. The number of rotatable bonds is 3. The summed E-state index contributed by atoms with van der Waals surface area (Å²) < 4.78 is 1.95. The summed E-state index contributed by atoms with van der Waals surface area (Å²) in [6.07, 6.45) is 6.72. The van der Waals surface area contributed by atoms with E-state index in [4.69, 9.17) is 0 Å². The molecule has 0 bridgehead atoms. The molecule has 0 aliphatic rings. The first-order valence-electron chi connectivity index (χ1n) is 4.32. The zero-order valence-corrected chi connectivity index (χ0v) is 7.57. The molecule has 0 aliphatic heterocycles. The van der Waals surface area contributed by atoms with E-state index >= 15 is 0 Å². The summed E-state index contributed by atoms with van der Waals surface area (Å²) >= 11 is 0. The molecule has 4 nitrogen and oxygen atoms in total. The van der Waals surface area contributed by atoms with E-state index in [9.17, 15) is 0 Å². The minimum atomic E-state index is 0.910. The third-order valence-electron chi connectivity index (χ3n) is 1.96. The molecule has 0 saturated heterocycles. The number of H-pyrrole nitrogens is 1. The Kier molecular flexibility index (Phi) is 2.12. The molecule has 13 heavy (non-hydrogen) atoms. The van der Waals surface area contributed by atoms with Crippen molar-refractivity contribution in [3.63, 3.8) is 0 Å². The predicted molar refractivity (Wildman–Crippen MR) is 49.3 cm³/mol. The van der Waals surface area contributed by atoms with Crippen molar-refractivity contribution in [1.29, 1.82) is 0 Å². The van der Waals surface area contributed by atoms with E-state index in [0.29, 0.717) is 0 Å². The Morgan fingerprint density at radius 2 is 2.46 bits per heavy atom. The summed E-state index contributed by atoms with van der Waals surface area (Å²) in [5.74, 6) is 0. The van der Waals surface area contributed by atoms with Crippen LogP contribution in [0.3, 0.4) is 0 Å². The summed E-state index contributed by atoms with van der Waals surface area (Å²) in [5.41, 5.74) is 2.28. The van der Waals surface area contributed by atoms with Crippen LogP contribution in [0, 0.1) is 6.92 Å². The van der Waals surface area contributed by atoms with Crippen molar-refractivity contribution in [1.82, 2.24) is 20.0 Å². The molecule has 0 saturated carbocycles. The van der Waals surface area contributed by atoms with Crippen LogP contribution in [0.25, 0.3) is 0 Å². The van der Waals surface area contributed by atoms with Gasteiger partial charge in [-0.25, -0.2) is 0 Å². The Balaban J connectivity index is 1.93. The van der Waals surface area contributed by atoms with Gasteiger partial charge in [0.15, 0.2) is 0 Å². The van der Waals surface area contributed by atoms with Gasteiger partial charge in [-0.2, -0.15) is 10.2 Å². The maximum atomic E-state index is 4.30. The second kappa shape index (κ2) is 3.43. The summed E-state index contributed by atoms with van der Waals surface area (Å²) in [4.78, 5) is 0. The average Bonchev–Trinajstić information content (AvgIpc) is 2.71. The average molecular weight is 176 g/mol. The SMILES string of the molecule is Cc1ccn(CCc2cn[nH]c2)n1. The molecule has 2 aromatic heterocycles. The lowest BCUT2D eigenvalue weighted by Gasteiger charge is -1.97. The minimum Gasteiger partial charge on any atom is -0.285 e. The van der Waals surface area contributed by atoms with Crippen molar-refractivity contribution in [3.05, 3.63) is 35.9 Å². The predicted octanol–water partition coefficient (Wildman–Crippen LogP) is 1.16. The fourth-order valence-electron chi connectivity index (χ4n) is 1.25. The molecular formula is C9H12N4. The van der Waals surface area contributed by atoms with E-state index < -0.39 is 0 Å². The van der Waals surface area contributed by atoms with E-state index in [0.717, 1.165) is 18.7 Å². The zero-order chi connectivity index (χ0) is 9.10. The fourth-order valence-corrected chi connectivity index (χ4v) is 1.25. The number of aryl methyl sites for hydroxylation is 3. The Morgan fingerprint density at radius 1 is 1.54 bits per heavy atom. The van der Waals surface area contributed by atoms with Gasteiger partial charge in [-0.05, 0) is 25.0 Å². The maximum Gasteiger partial charge on any atom is 0.0593 e. The smallest absolute Gasteiger partial charge is 0.0593 e. The van der Waals surface area contributed by atoms with Crippen LogP contribution in [0.2, 0.25) is 0 Å². The van der Waals surface area contributed by atoms with Gasteiger partial charge in [-0.3, -0.25) is 9.78 Å². The van der Waals surface area contributed by atoms with Crippen molar-refractivity contribution in [2.45, 2.75) is 19.9 Å². The molecule has 0 unspecified atom stereocenters. The van der Waals surface area contributed by atoms with Gasteiger partial charge in [0.05, 0.1) is 11.9 Å². The summed E-state index contributed by atoms with van der Waals surface area (Å²) in [5, 5.41) is 11.0. The number of nitrogens with one attached hydrogen (secondary N) is 1. The molecule has 0 radical (unpaired) electrons. The second-order valence-corrected chi connectivity index (χ2v) is 3.08. The molecule has 0 fully saturated rings. The van der Waals surface area contributed by atoms with Crippen LogP contribution in [-0.4, -0.2) is 20.0 Å². The first kappa shape index (κ1) is 8.04. The van der Waals surface area contributed by atoms with Gasteiger partial charge < -0.3 is 0 Å².